The largest absolute Gasteiger partial charge is 0.280 e. The Morgan fingerprint density at radius 2 is 2.07 bits per heavy atom. The Bertz CT molecular complexity index is 334. The summed E-state index contributed by atoms with van der Waals surface area (Å²) >= 11 is 0. The number of Topliss-reactive ketones (excluding diaryl/α,β-unsaturated/α-hetero) is 1. The molecule has 0 fully saturated rings. The third-order valence-corrected chi connectivity index (χ3v) is 2.92. The minimum absolute atomic E-state index is 0.0171. The van der Waals surface area contributed by atoms with E-state index in [9.17, 15) is 4.79 Å². The van der Waals surface area contributed by atoms with Crippen LogP contribution in [0.15, 0.2) is 11.1 Å². The molecule has 0 bridgehead atoms. The Balaban J connectivity index is 3.12. The lowest BCUT2D eigenvalue weighted by Crippen LogP contribution is -2.25. The predicted octanol–water partition coefficient (Wildman–Crippen LogP) is 3.11. The molecule has 0 aromatic carbocycles. The van der Waals surface area contributed by atoms with Gasteiger partial charge in [0.25, 0.3) is 0 Å². The molecule has 0 radical (unpaired) electrons. The van der Waals surface area contributed by atoms with Gasteiger partial charge >= 0.3 is 0 Å². The zero-order chi connectivity index (χ0) is 10.8. The number of allylic oxidation sites excluding steroid dienone is 2. The van der Waals surface area contributed by atoms with E-state index in [1.807, 2.05) is 0 Å². The van der Waals surface area contributed by atoms with Crippen LogP contribution in [-0.4, -0.2) is 5.78 Å². The lowest BCUT2D eigenvalue weighted by Gasteiger charge is -2.32. The highest BCUT2D eigenvalue weighted by Gasteiger charge is 2.32. The van der Waals surface area contributed by atoms with Crippen LogP contribution < -0.4 is 0 Å². The summed E-state index contributed by atoms with van der Waals surface area (Å²) in [6.45, 7) is 8.05. The van der Waals surface area contributed by atoms with Gasteiger partial charge in [0.1, 0.15) is 0 Å². The fraction of sp³-hybridized carbons (Fsp3) is 0.615. The van der Waals surface area contributed by atoms with Gasteiger partial charge in [-0.2, -0.15) is 0 Å². The summed E-state index contributed by atoms with van der Waals surface area (Å²) in [6.07, 6.45) is 3.34. The second-order valence-corrected chi connectivity index (χ2v) is 4.60. The van der Waals surface area contributed by atoms with Gasteiger partial charge < -0.3 is 0 Å². The van der Waals surface area contributed by atoms with Crippen molar-refractivity contribution in [3.63, 3.8) is 0 Å². The molecular formula is C13H18O. The summed E-state index contributed by atoms with van der Waals surface area (Å²) in [5.74, 6) is 5.37. The summed E-state index contributed by atoms with van der Waals surface area (Å²) in [5.41, 5.74) is 2.20. The van der Waals surface area contributed by atoms with E-state index in [-0.39, 0.29) is 11.2 Å². The number of ketones is 1. The smallest absolute Gasteiger partial charge is 0.232 e. The minimum atomic E-state index is 0.0171. The van der Waals surface area contributed by atoms with Crippen molar-refractivity contribution in [2.24, 2.45) is 5.41 Å². The molecule has 1 aliphatic rings. The zero-order valence-corrected chi connectivity index (χ0v) is 9.53. The molecule has 1 rings (SSSR count). The van der Waals surface area contributed by atoms with Crippen LogP contribution in [-0.2, 0) is 4.79 Å². The van der Waals surface area contributed by atoms with E-state index in [0.717, 1.165) is 18.4 Å². The van der Waals surface area contributed by atoms with Gasteiger partial charge in [0.05, 0.1) is 0 Å². The minimum Gasteiger partial charge on any atom is -0.280 e. The maximum absolute atomic E-state index is 11.8. The molecule has 0 saturated carbocycles. The molecule has 1 nitrogen and oxygen atoms in total. The normalized spacial score (nSPS) is 20.0. The van der Waals surface area contributed by atoms with Crippen molar-refractivity contribution in [3.05, 3.63) is 11.1 Å². The van der Waals surface area contributed by atoms with Crippen molar-refractivity contribution in [2.75, 3.05) is 0 Å². The average Bonchev–Trinajstić information content (AvgIpc) is 2.02. The van der Waals surface area contributed by atoms with Gasteiger partial charge in [-0.15, -0.1) is 0 Å². The van der Waals surface area contributed by atoms with Crippen LogP contribution in [0.2, 0.25) is 0 Å². The summed E-state index contributed by atoms with van der Waals surface area (Å²) in [5, 5.41) is 0. The molecule has 0 heterocycles. The van der Waals surface area contributed by atoms with Gasteiger partial charge in [0.15, 0.2) is 0 Å². The molecule has 0 aromatic heterocycles. The monoisotopic (exact) mass is 190 g/mol. The van der Waals surface area contributed by atoms with Crippen LogP contribution in [0.4, 0.5) is 0 Å². The van der Waals surface area contributed by atoms with Gasteiger partial charge in [-0.1, -0.05) is 25.3 Å². The molecule has 76 valence electrons. The molecule has 14 heavy (non-hydrogen) atoms. The first-order valence-electron chi connectivity index (χ1n) is 5.16. The van der Waals surface area contributed by atoms with Crippen LogP contribution in [0.3, 0.4) is 0 Å². The second-order valence-electron chi connectivity index (χ2n) is 4.60. The Morgan fingerprint density at radius 1 is 1.43 bits per heavy atom. The van der Waals surface area contributed by atoms with E-state index in [1.54, 1.807) is 6.92 Å². The highest BCUT2D eigenvalue weighted by molar-refractivity contribution is 6.09. The molecule has 0 saturated heterocycles. The quantitative estimate of drug-likeness (QED) is 0.458. The zero-order valence-electron chi connectivity index (χ0n) is 9.53. The van der Waals surface area contributed by atoms with Gasteiger partial charge in [0.2, 0.25) is 5.78 Å². The van der Waals surface area contributed by atoms with E-state index in [1.165, 1.54) is 12.0 Å². The highest BCUT2D eigenvalue weighted by Crippen LogP contribution is 2.40. The van der Waals surface area contributed by atoms with Crippen LogP contribution in [0.25, 0.3) is 0 Å². The number of hydrogen-bond acceptors (Lipinski definition) is 1. The molecule has 0 spiro atoms. The maximum atomic E-state index is 11.8. The second kappa shape index (κ2) is 4.00. The molecule has 0 aliphatic heterocycles. The van der Waals surface area contributed by atoms with Crippen LogP contribution in [0.1, 0.15) is 47.0 Å². The molecular weight excluding hydrogens is 172 g/mol. The van der Waals surface area contributed by atoms with Crippen LogP contribution >= 0.6 is 0 Å². The third kappa shape index (κ3) is 2.07. The summed E-state index contributed by atoms with van der Waals surface area (Å²) in [6, 6.07) is 0. The summed E-state index contributed by atoms with van der Waals surface area (Å²) < 4.78 is 0. The van der Waals surface area contributed by atoms with Gasteiger partial charge in [-0.3, -0.25) is 4.79 Å². The van der Waals surface area contributed by atoms with E-state index in [4.69, 9.17) is 0 Å². The molecule has 0 N–H and O–H groups in total. The fourth-order valence-electron chi connectivity index (χ4n) is 2.30. The SMILES string of the molecule is CC#CC(=O)C1=C(C)CCCC1(C)C. The van der Waals surface area contributed by atoms with Gasteiger partial charge in [-0.25, -0.2) is 0 Å². The number of carbonyl (C=O) groups excluding carboxylic acids is 1. The average molecular weight is 190 g/mol. The van der Waals surface area contributed by atoms with Gasteiger partial charge in [-0.05, 0) is 44.4 Å². The fourth-order valence-corrected chi connectivity index (χ4v) is 2.30. The Hall–Kier alpha value is -1.03. The molecule has 0 amide bonds. The first kappa shape index (κ1) is 11.0. The lowest BCUT2D eigenvalue weighted by molar-refractivity contribution is -0.111. The first-order valence-corrected chi connectivity index (χ1v) is 5.16. The molecule has 1 aliphatic carbocycles. The standard InChI is InChI=1S/C13H18O/c1-5-7-11(14)12-10(2)8-6-9-13(12,3)4/h6,8-9H2,1-4H3. The van der Waals surface area contributed by atoms with Crippen molar-refractivity contribution in [2.45, 2.75) is 47.0 Å². The number of rotatable bonds is 1. The summed E-state index contributed by atoms with van der Waals surface area (Å²) in [4.78, 5) is 11.8. The van der Waals surface area contributed by atoms with Crippen molar-refractivity contribution in [1.82, 2.24) is 0 Å². The van der Waals surface area contributed by atoms with E-state index >= 15 is 0 Å². The number of hydrogen-bond donors (Lipinski definition) is 0. The number of carbonyl (C=O) groups is 1. The Labute approximate surface area is 86.6 Å². The topological polar surface area (TPSA) is 17.1 Å². The Morgan fingerprint density at radius 3 is 2.57 bits per heavy atom. The highest BCUT2D eigenvalue weighted by atomic mass is 16.1. The van der Waals surface area contributed by atoms with E-state index in [2.05, 4.69) is 32.6 Å². The third-order valence-electron chi connectivity index (χ3n) is 2.92. The first-order chi connectivity index (χ1) is 6.49. The molecule has 0 unspecified atom stereocenters. The van der Waals surface area contributed by atoms with Crippen LogP contribution in [0, 0.1) is 17.3 Å². The lowest BCUT2D eigenvalue weighted by atomic mass is 9.71. The van der Waals surface area contributed by atoms with Crippen LogP contribution in [0.5, 0.6) is 0 Å². The summed E-state index contributed by atoms with van der Waals surface area (Å²) in [7, 11) is 0. The van der Waals surface area contributed by atoms with E-state index in [0.29, 0.717) is 0 Å². The van der Waals surface area contributed by atoms with Crippen molar-refractivity contribution in [1.29, 1.82) is 0 Å². The molecule has 0 aromatic rings. The van der Waals surface area contributed by atoms with Crippen molar-refractivity contribution >= 4 is 5.78 Å². The van der Waals surface area contributed by atoms with Crippen molar-refractivity contribution < 1.29 is 4.79 Å². The van der Waals surface area contributed by atoms with Gasteiger partial charge in [0, 0.05) is 5.57 Å². The maximum Gasteiger partial charge on any atom is 0.232 e. The van der Waals surface area contributed by atoms with Crippen molar-refractivity contribution in [3.8, 4) is 11.8 Å². The Kier molecular flexibility index (Phi) is 3.16. The molecule has 0 atom stereocenters. The molecule has 1 heteroatoms. The van der Waals surface area contributed by atoms with E-state index < -0.39 is 0 Å². The predicted molar refractivity (Wildman–Crippen MR) is 58.8 cm³/mol.